The van der Waals surface area contributed by atoms with Crippen LogP contribution in [0.2, 0.25) is 0 Å². The summed E-state index contributed by atoms with van der Waals surface area (Å²) in [5.41, 5.74) is 1.30. The molecule has 3 rings (SSSR count). The molecular formula is C20H29N3O4S. The molecule has 0 saturated heterocycles. The van der Waals surface area contributed by atoms with Crippen LogP contribution in [0.5, 0.6) is 5.75 Å². The van der Waals surface area contributed by atoms with Gasteiger partial charge in [-0.25, -0.2) is 4.79 Å². The van der Waals surface area contributed by atoms with E-state index in [9.17, 15) is 19.8 Å². The van der Waals surface area contributed by atoms with Gasteiger partial charge >= 0.3 is 11.0 Å². The van der Waals surface area contributed by atoms with E-state index in [4.69, 9.17) is 0 Å². The molecule has 1 amide bonds. The van der Waals surface area contributed by atoms with Crippen LogP contribution in [0.25, 0.3) is 10.2 Å². The Morgan fingerprint density at radius 1 is 1.18 bits per heavy atom. The normalized spacial score (nSPS) is 16.0. The number of carboxylic acid groups (broad SMARTS) is 1. The second-order valence-corrected chi connectivity index (χ2v) is 8.46. The third-order valence-electron chi connectivity index (χ3n) is 5.48. The topological polar surface area (TPSA) is 106 Å². The summed E-state index contributed by atoms with van der Waals surface area (Å²) < 4.78 is 0.697. The van der Waals surface area contributed by atoms with Gasteiger partial charge in [0.05, 0.1) is 4.70 Å². The number of aromatic amines is 1. The van der Waals surface area contributed by atoms with Crippen molar-refractivity contribution in [1.82, 2.24) is 15.2 Å². The fourth-order valence-electron chi connectivity index (χ4n) is 3.89. The number of thiazole rings is 1. The minimum atomic E-state index is -0.934. The van der Waals surface area contributed by atoms with E-state index < -0.39 is 6.09 Å². The molecule has 1 saturated carbocycles. The van der Waals surface area contributed by atoms with Crippen LogP contribution >= 0.6 is 11.3 Å². The molecular weight excluding hydrogens is 378 g/mol. The number of aromatic nitrogens is 1. The lowest BCUT2D eigenvalue weighted by molar-refractivity contribution is 0.145. The minimum Gasteiger partial charge on any atom is -0.506 e. The Balaban J connectivity index is 1.54. The number of amides is 1. The van der Waals surface area contributed by atoms with Crippen molar-refractivity contribution < 1.29 is 15.0 Å². The molecule has 4 N–H and O–H groups in total. The van der Waals surface area contributed by atoms with Crippen molar-refractivity contribution in [2.75, 3.05) is 19.6 Å². The Morgan fingerprint density at radius 3 is 2.61 bits per heavy atom. The van der Waals surface area contributed by atoms with Crippen LogP contribution in [-0.4, -0.2) is 51.9 Å². The predicted octanol–water partition coefficient (Wildman–Crippen LogP) is 3.52. The largest absolute Gasteiger partial charge is 0.506 e. The number of rotatable bonds is 7. The number of carbonyl (C=O) groups is 1. The predicted molar refractivity (Wildman–Crippen MR) is 112 cm³/mol. The van der Waals surface area contributed by atoms with Crippen LogP contribution in [0, 0.1) is 0 Å². The highest BCUT2D eigenvalue weighted by Gasteiger charge is 2.16. The summed E-state index contributed by atoms with van der Waals surface area (Å²) in [6.07, 6.45) is 8.33. The quantitative estimate of drug-likeness (QED) is 0.562. The molecule has 1 aromatic carbocycles. The zero-order valence-corrected chi connectivity index (χ0v) is 16.9. The smallest absolute Gasteiger partial charge is 0.407 e. The van der Waals surface area contributed by atoms with Crippen molar-refractivity contribution in [2.45, 2.75) is 57.4 Å². The van der Waals surface area contributed by atoms with Gasteiger partial charge in [-0.1, -0.05) is 49.5 Å². The monoisotopic (exact) mass is 407 g/mol. The summed E-state index contributed by atoms with van der Waals surface area (Å²) in [5, 5.41) is 22.9. The SMILES string of the molecule is O=C(O)N(CCNC1CCCCCCC1)CCc1ccc(O)c2[nH]c(=O)sc12. The van der Waals surface area contributed by atoms with Gasteiger partial charge in [0.15, 0.2) is 0 Å². The van der Waals surface area contributed by atoms with Gasteiger partial charge in [0.1, 0.15) is 11.3 Å². The highest BCUT2D eigenvalue weighted by molar-refractivity contribution is 7.16. The summed E-state index contributed by atoms with van der Waals surface area (Å²) in [6, 6.07) is 3.79. The molecule has 1 heterocycles. The Labute approximate surface area is 168 Å². The van der Waals surface area contributed by atoms with E-state index >= 15 is 0 Å². The second kappa shape index (κ2) is 9.93. The van der Waals surface area contributed by atoms with E-state index in [0.29, 0.717) is 42.3 Å². The van der Waals surface area contributed by atoms with Crippen LogP contribution in [0.4, 0.5) is 4.79 Å². The first-order chi connectivity index (χ1) is 13.5. The van der Waals surface area contributed by atoms with Gasteiger partial charge in [-0.05, 0) is 30.9 Å². The number of phenolic OH excluding ortho intramolecular Hbond substituents is 1. The molecule has 0 unspecified atom stereocenters. The van der Waals surface area contributed by atoms with E-state index in [-0.39, 0.29) is 10.6 Å². The van der Waals surface area contributed by atoms with Crippen LogP contribution in [0.1, 0.15) is 50.5 Å². The number of nitrogens with one attached hydrogen (secondary N) is 2. The molecule has 1 aromatic heterocycles. The van der Waals surface area contributed by atoms with Crippen molar-refractivity contribution in [3.05, 3.63) is 27.4 Å². The van der Waals surface area contributed by atoms with Gasteiger partial charge in [-0.2, -0.15) is 0 Å². The molecule has 0 bridgehead atoms. The number of H-pyrrole nitrogens is 1. The van der Waals surface area contributed by atoms with Gasteiger partial charge in [0, 0.05) is 25.7 Å². The molecule has 8 heteroatoms. The van der Waals surface area contributed by atoms with Gasteiger partial charge in [0.25, 0.3) is 0 Å². The highest BCUT2D eigenvalue weighted by atomic mass is 32.1. The van der Waals surface area contributed by atoms with E-state index in [1.54, 1.807) is 12.1 Å². The first-order valence-electron chi connectivity index (χ1n) is 10.1. The molecule has 1 fully saturated rings. The number of aromatic hydroxyl groups is 1. The molecule has 0 radical (unpaired) electrons. The second-order valence-electron chi connectivity index (χ2n) is 7.48. The third kappa shape index (κ3) is 5.48. The summed E-state index contributed by atoms with van der Waals surface area (Å²) in [6.45, 7) is 1.45. The van der Waals surface area contributed by atoms with E-state index in [0.717, 1.165) is 16.9 Å². The zero-order chi connectivity index (χ0) is 19.9. The van der Waals surface area contributed by atoms with Crippen LogP contribution < -0.4 is 10.2 Å². The number of hydrogen-bond acceptors (Lipinski definition) is 5. The Bertz CT molecular complexity index is 840. The van der Waals surface area contributed by atoms with Crippen LogP contribution in [0.15, 0.2) is 16.9 Å². The molecule has 1 aliphatic rings. The summed E-state index contributed by atoms with van der Waals surface area (Å²) in [7, 11) is 0. The summed E-state index contributed by atoms with van der Waals surface area (Å²) in [5.74, 6) is 0.0376. The lowest BCUT2D eigenvalue weighted by Gasteiger charge is -2.24. The minimum absolute atomic E-state index is 0.0376. The standard InChI is InChI=1S/C20H29N3O4S/c24-16-9-8-14(18-17(16)22-19(25)28-18)10-12-23(20(26)27)13-11-21-15-6-4-2-1-3-5-7-15/h8-9,15,21,24H,1-7,10-13H2,(H,22,25)(H,26,27). The maximum Gasteiger partial charge on any atom is 0.407 e. The Kier molecular flexibility index (Phi) is 7.33. The molecule has 154 valence electrons. The molecule has 28 heavy (non-hydrogen) atoms. The Hall–Kier alpha value is -2.06. The van der Waals surface area contributed by atoms with Gasteiger partial charge < -0.3 is 25.4 Å². The molecule has 7 nitrogen and oxygen atoms in total. The maximum atomic E-state index is 11.6. The Morgan fingerprint density at radius 2 is 1.89 bits per heavy atom. The van der Waals surface area contributed by atoms with E-state index in [1.807, 2.05) is 0 Å². The van der Waals surface area contributed by atoms with Crippen molar-refractivity contribution in [2.24, 2.45) is 0 Å². The van der Waals surface area contributed by atoms with E-state index in [1.165, 1.54) is 49.8 Å². The fourth-order valence-corrected chi connectivity index (χ4v) is 4.79. The summed E-state index contributed by atoms with van der Waals surface area (Å²) in [4.78, 5) is 27.1. The molecule has 0 atom stereocenters. The average molecular weight is 408 g/mol. The number of fused-ring (bicyclic) bond motifs is 1. The molecule has 0 aliphatic heterocycles. The van der Waals surface area contributed by atoms with Crippen LogP contribution in [-0.2, 0) is 6.42 Å². The highest BCUT2D eigenvalue weighted by Crippen LogP contribution is 2.28. The van der Waals surface area contributed by atoms with Gasteiger partial charge in [-0.15, -0.1) is 0 Å². The van der Waals surface area contributed by atoms with Gasteiger partial charge in [-0.3, -0.25) is 4.79 Å². The number of benzene rings is 1. The van der Waals surface area contributed by atoms with Crippen molar-refractivity contribution in [3.8, 4) is 5.75 Å². The first kappa shape index (κ1) is 20.7. The number of nitrogens with zero attached hydrogens (tertiary/aromatic N) is 1. The van der Waals surface area contributed by atoms with Crippen LogP contribution in [0.3, 0.4) is 0 Å². The first-order valence-corrected chi connectivity index (χ1v) is 10.9. The van der Waals surface area contributed by atoms with Crippen molar-refractivity contribution >= 4 is 27.6 Å². The molecule has 1 aliphatic carbocycles. The maximum absolute atomic E-state index is 11.6. The van der Waals surface area contributed by atoms with E-state index in [2.05, 4.69) is 10.3 Å². The lowest BCUT2D eigenvalue weighted by atomic mass is 9.97. The average Bonchev–Trinajstić information content (AvgIpc) is 3.03. The zero-order valence-electron chi connectivity index (χ0n) is 16.1. The van der Waals surface area contributed by atoms with Crippen molar-refractivity contribution in [3.63, 3.8) is 0 Å². The van der Waals surface area contributed by atoms with Gasteiger partial charge in [0.2, 0.25) is 0 Å². The number of hydrogen-bond donors (Lipinski definition) is 4. The third-order valence-corrected chi connectivity index (χ3v) is 6.44. The molecule has 0 spiro atoms. The fraction of sp³-hybridized carbons (Fsp3) is 0.600. The lowest BCUT2D eigenvalue weighted by Crippen LogP contribution is -2.40. The summed E-state index contributed by atoms with van der Waals surface area (Å²) >= 11 is 1.04. The number of phenols is 1. The molecule has 2 aromatic rings. The van der Waals surface area contributed by atoms with Crippen molar-refractivity contribution in [1.29, 1.82) is 0 Å².